The summed E-state index contributed by atoms with van der Waals surface area (Å²) in [4.78, 5) is 3.96. The van der Waals surface area contributed by atoms with Crippen LogP contribution in [0.2, 0.25) is 0 Å². The number of rotatable bonds is 3. The Hall–Kier alpha value is -1.22. The van der Waals surface area contributed by atoms with E-state index in [0.717, 1.165) is 0 Å². The van der Waals surface area contributed by atoms with Gasteiger partial charge in [-0.3, -0.25) is 0 Å². The minimum absolute atomic E-state index is 0.191. The molecular formula is C21H15B3O3S3. The molecule has 0 saturated carbocycles. The van der Waals surface area contributed by atoms with Gasteiger partial charge in [0.2, 0.25) is 0 Å². The van der Waals surface area contributed by atoms with Gasteiger partial charge in [-0.05, 0) is 34.9 Å². The van der Waals surface area contributed by atoms with Crippen molar-refractivity contribution in [1.82, 2.24) is 0 Å². The van der Waals surface area contributed by atoms with E-state index < -0.39 is 0 Å². The van der Waals surface area contributed by atoms with Gasteiger partial charge in [-0.15, -0.1) is 35.3 Å². The van der Waals surface area contributed by atoms with Gasteiger partial charge in [0.15, 0.2) is 0 Å². The molecule has 3 atom stereocenters. The van der Waals surface area contributed by atoms with E-state index in [1.807, 2.05) is 35.3 Å². The second-order valence-corrected chi connectivity index (χ2v) is 11.3. The molecule has 0 radical (unpaired) electrons. The summed E-state index contributed by atoms with van der Waals surface area (Å²) in [7, 11) is -0.930. The van der Waals surface area contributed by atoms with E-state index >= 15 is 0 Å². The quantitative estimate of drug-likeness (QED) is 0.484. The van der Waals surface area contributed by atoms with Crippen LogP contribution in [-0.2, 0) is 13.7 Å². The Morgan fingerprint density at radius 2 is 0.767 bits per heavy atom. The topological polar surface area (TPSA) is 27.7 Å². The average Bonchev–Trinajstić information content (AvgIpc) is 2.71. The monoisotopic (exact) mass is 444 g/mol. The lowest BCUT2D eigenvalue weighted by Crippen LogP contribution is -2.56. The molecule has 0 bridgehead atoms. The molecule has 0 aromatic heterocycles. The third-order valence-corrected chi connectivity index (χ3v) is 10.1. The number of fused-ring (bicyclic) bond motifs is 3. The van der Waals surface area contributed by atoms with E-state index in [2.05, 4.69) is 72.8 Å². The summed E-state index contributed by atoms with van der Waals surface area (Å²) >= 11 is 5.51. The van der Waals surface area contributed by atoms with Crippen LogP contribution in [-0.4, -0.2) is 21.4 Å². The van der Waals surface area contributed by atoms with Crippen molar-refractivity contribution in [2.24, 2.45) is 0 Å². The van der Waals surface area contributed by atoms with Crippen LogP contribution in [0.5, 0.6) is 0 Å². The standard InChI is InChI=1S/C21H15B3O3S3/c1-4-10-16-13(7-1)19(28-16)22-25-23(20-14-8-2-5-11-17(14)29-20)27-24(26-22)21-15-9-3-6-12-18(15)30-21/h1-12,19-21H. The molecule has 3 nitrogen and oxygen atoms in total. The summed E-state index contributed by atoms with van der Waals surface area (Å²) in [5.41, 5.74) is 3.95. The number of hydrogen-bond acceptors (Lipinski definition) is 6. The van der Waals surface area contributed by atoms with Crippen molar-refractivity contribution in [2.45, 2.75) is 30.1 Å². The van der Waals surface area contributed by atoms with Crippen molar-refractivity contribution in [3.05, 3.63) is 89.5 Å². The highest BCUT2D eigenvalue weighted by Gasteiger charge is 2.56. The van der Waals surface area contributed by atoms with Gasteiger partial charge >= 0.3 is 21.4 Å². The maximum absolute atomic E-state index is 6.45. The molecule has 0 N–H and O–H groups in total. The van der Waals surface area contributed by atoms with Crippen molar-refractivity contribution in [3.8, 4) is 0 Å². The van der Waals surface area contributed by atoms with Crippen molar-refractivity contribution >= 4 is 56.6 Å². The van der Waals surface area contributed by atoms with Gasteiger partial charge in [-0.2, -0.15) is 0 Å². The SMILES string of the molecule is c1ccc2c(c1)SC2B1OB(C2Sc3ccccc32)OB(C2Sc3ccccc32)O1. The fraction of sp³-hybridized carbons (Fsp3) is 0.143. The molecule has 9 heteroatoms. The average molecular weight is 444 g/mol. The zero-order chi connectivity index (χ0) is 19.7. The van der Waals surface area contributed by atoms with Crippen LogP contribution >= 0.6 is 35.3 Å². The second-order valence-electron chi connectivity index (χ2n) is 7.74. The fourth-order valence-corrected chi connectivity index (χ4v) is 7.87. The second kappa shape index (κ2) is 7.15. The molecule has 3 unspecified atom stereocenters. The maximum atomic E-state index is 6.45. The molecule has 7 rings (SSSR count). The Bertz CT molecular complexity index is 1000. The minimum atomic E-state index is -0.310. The smallest absolute Gasteiger partial charge is 0.448 e. The minimum Gasteiger partial charge on any atom is -0.451 e. The molecule has 0 spiro atoms. The van der Waals surface area contributed by atoms with Crippen LogP contribution in [0.15, 0.2) is 87.5 Å². The van der Waals surface area contributed by atoms with E-state index in [1.165, 1.54) is 31.4 Å². The van der Waals surface area contributed by atoms with Crippen molar-refractivity contribution in [3.63, 3.8) is 0 Å². The Morgan fingerprint density at radius 3 is 1.07 bits per heavy atom. The van der Waals surface area contributed by atoms with E-state index in [-0.39, 0.29) is 36.8 Å². The first kappa shape index (κ1) is 18.4. The molecule has 144 valence electrons. The molecular weight excluding hydrogens is 429 g/mol. The summed E-state index contributed by atoms with van der Waals surface area (Å²) in [6, 6.07) is 25.6. The maximum Gasteiger partial charge on any atom is 0.448 e. The highest BCUT2D eigenvalue weighted by Crippen LogP contribution is 2.57. The predicted molar refractivity (Wildman–Crippen MR) is 126 cm³/mol. The number of thioether (sulfide) groups is 3. The van der Waals surface area contributed by atoms with Crippen molar-refractivity contribution in [2.75, 3.05) is 0 Å². The van der Waals surface area contributed by atoms with E-state index in [4.69, 9.17) is 13.7 Å². The largest absolute Gasteiger partial charge is 0.451 e. The van der Waals surface area contributed by atoms with Crippen LogP contribution in [0, 0.1) is 0 Å². The first-order valence-corrected chi connectivity index (χ1v) is 12.7. The third-order valence-electron chi connectivity index (χ3n) is 5.98. The Labute approximate surface area is 189 Å². The van der Waals surface area contributed by atoms with Gasteiger partial charge in [-0.1, -0.05) is 54.6 Å². The van der Waals surface area contributed by atoms with Gasteiger partial charge in [0.1, 0.15) is 0 Å². The number of benzene rings is 3. The molecule has 3 aromatic carbocycles. The number of hydrogen-bond donors (Lipinski definition) is 0. The molecule has 4 aliphatic heterocycles. The molecule has 1 saturated heterocycles. The van der Waals surface area contributed by atoms with Crippen LogP contribution in [0.1, 0.15) is 32.1 Å². The van der Waals surface area contributed by atoms with Crippen molar-refractivity contribution in [1.29, 1.82) is 0 Å². The fourth-order valence-electron chi connectivity index (χ4n) is 4.42. The normalized spacial score (nSPS) is 26.0. The molecule has 0 aliphatic carbocycles. The van der Waals surface area contributed by atoms with Crippen molar-refractivity contribution < 1.29 is 13.7 Å². The first-order valence-electron chi connectivity index (χ1n) is 10.1. The lowest BCUT2D eigenvalue weighted by molar-refractivity contribution is 0.273. The summed E-state index contributed by atoms with van der Waals surface area (Å²) in [5, 5.41) is 0.572. The first-order chi connectivity index (χ1) is 14.8. The van der Waals surface area contributed by atoms with Gasteiger partial charge in [-0.25, -0.2) is 0 Å². The van der Waals surface area contributed by atoms with Crippen LogP contribution in [0.25, 0.3) is 0 Å². The van der Waals surface area contributed by atoms with E-state index in [1.54, 1.807) is 0 Å². The lowest BCUT2D eigenvalue weighted by atomic mass is 9.62. The molecule has 4 heterocycles. The summed E-state index contributed by atoms with van der Waals surface area (Å²) < 4.78 is 19.3. The molecule has 1 fully saturated rings. The highest BCUT2D eigenvalue weighted by molar-refractivity contribution is 8.03. The molecule has 4 aliphatic rings. The Kier molecular flexibility index (Phi) is 4.38. The van der Waals surface area contributed by atoms with Crippen LogP contribution in [0.3, 0.4) is 0 Å². The van der Waals surface area contributed by atoms with Crippen LogP contribution < -0.4 is 0 Å². The lowest BCUT2D eigenvalue weighted by Gasteiger charge is -2.45. The highest BCUT2D eigenvalue weighted by atomic mass is 32.2. The van der Waals surface area contributed by atoms with E-state index in [9.17, 15) is 0 Å². The zero-order valence-electron chi connectivity index (χ0n) is 15.8. The zero-order valence-corrected chi connectivity index (χ0v) is 18.3. The van der Waals surface area contributed by atoms with E-state index in [0.29, 0.717) is 0 Å². The predicted octanol–water partition coefficient (Wildman–Crippen LogP) is 5.67. The molecule has 30 heavy (non-hydrogen) atoms. The van der Waals surface area contributed by atoms with Gasteiger partial charge in [0, 0.05) is 14.7 Å². The Balaban J connectivity index is 1.19. The molecule has 0 amide bonds. The van der Waals surface area contributed by atoms with Gasteiger partial charge in [0.05, 0.1) is 15.4 Å². The summed E-state index contributed by atoms with van der Waals surface area (Å²) in [5.74, 6) is 0. The van der Waals surface area contributed by atoms with Crippen LogP contribution in [0.4, 0.5) is 0 Å². The van der Waals surface area contributed by atoms with Gasteiger partial charge in [0.25, 0.3) is 0 Å². The summed E-state index contributed by atoms with van der Waals surface area (Å²) in [6.45, 7) is 0. The molecule has 3 aromatic rings. The summed E-state index contributed by atoms with van der Waals surface area (Å²) in [6.07, 6.45) is 0. The third kappa shape index (κ3) is 2.80. The Morgan fingerprint density at radius 1 is 0.467 bits per heavy atom. The van der Waals surface area contributed by atoms with Gasteiger partial charge < -0.3 is 13.7 Å².